The Hall–Kier alpha value is -0.940. The van der Waals surface area contributed by atoms with E-state index in [2.05, 4.69) is 15.0 Å². The number of rotatable bonds is 4. The lowest BCUT2D eigenvalue weighted by molar-refractivity contribution is -0.142. The normalized spacial score (nSPS) is 14.6. The molecule has 1 aromatic heterocycles. The first-order chi connectivity index (χ1) is 7.45. The number of nitrogens with one attached hydrogen (secondary N) is 1. The second-order valence-electron chi connectivity index (χ2n) is 3.82. The summed E-state index contributed by atoms with van der Waals surface area (Å²) in [5, 5.41) is 4.24. The number of hydrogen-bond acceptors (Lipinski definition) is 5. The van der Waals surface area contributed by atoms with Gasteiger partial charge in [-0.05, 0) is 27.7 Å². The van der Waals surface area contributed by atoms with Crippen LogP contribution in [0.2, 0.25) is 0 Å². The largest absolute Gasteiger partial charge is 0.468 e. The molecule has 0 saturated heterocycles. The fraction of sp³-hybridized carbons (Fsp3) is 0.636. The third-order valence-electron chi connectivity index (χ3n) is 2.39. The molecule has 90 valence electrons. The van der Waals surface area contributed by atoms with Crippen molar-refractivity contribution in [3.05, 3.63) is 15.6 Å². The molecule has 0 bridgehead atoms. The number of hydrogen-bond donors (Lipinski definition) is 1. The van der Waals surface area contributed by atoms with Gasteiger partial charge in [-0.3, -0.25) is 10.1 Å². The lowest BCUT2D eigenvalue weighted by Crippen LogP contribution is -2.36. The molecule has 5 heteroatoms. The minimum Gasteiger partial charge on any atom is -0.468 e. The maximum absolute atomic E-state index is 11.3. The Morgan fingerprint density at radius 1 is 1.44 bits per heavy atom. The molecule has 0 aliphatic carbocycles. The summed E-state index contributed by atoms with van der Waals surface area (Å²) in [5.74, 6) is -0.245. The van der Waals surface area contributed by atoms with Crippen molar-refractivity contribution in [1.29, 1.82) is 0 Å². The van der Waals surface area contributed by atoms with E-state index in [0.717, 1.165) is 10.7 Å². The number of aromatic nitrogens is 1. The van der Waals surface area contributed by atoms with E-state index >= 15 is 0 Å². The van der Waals surface area contributed by atoms with Crippen LogP contribution >= 0.6 is 11.3 Å². The Labute approximate surface area is 100 Å². The quantitative estimate of drug-likeness (QED) is 0.820. The van der Waals surface area contributed by atoms with Crippen molar-refractivity contribution in [2.45, 2.75) is 39.8 Å². The first-order valence-corrected chi connectivity index (χ1v) is 6.05. The van der Waals surface area contributed by atoms with E-state index in [1.54, 1.807) is 18.3 Å². The first kappa shape index (κ1) is 13.1. The molecule has 1 rings (SSSR count). The first-order valence-electron chi connectivity index (χ1n) is 5.23. The maximum atomic E-state index is 11.3. The second kappa shape index (κ2) is 5.41. The Balaban J connectivity index is 2.68. The van der Waals surface area contributed by atoms with Gasteiger partial charge in [-0.2, -0.15) is 0 Å². The molecule has 0 amide bonds. The van der Waals surface area contributed by atoms with Crippen molar-refractivity contribution in [3.8, 4) is 0 Å². The van der Waals surface area contributed by atoms with Gasteiger partial charge in [0.05, 0.1) is 17.8 Å². The molecule has 2 atom stereocenters. The molecule has 16 heavy (non-hydrogen) atoms. The van der Waals surface area contributed by atoms with Crippen LogP contribution in [0.25, 0.3) is 0 Å². The van der Waals surface area contributed by atoms with Crippen LogP contribution in [0, 0.1) is 13.8 Å². The number of esters is 1. The van der Waals surface area contributed by atoms with Crippen LogP contribution in [0.1, 0.15) is 35.5 Å². The molecule has 0 aliphatic rings. The zero-order valence-electron chi connectivity index (χ0n) is 10.3. The predicted molar refractivity (Wildman–Crippen MR) is 64.6 cm³/mol. The van der Waals surface area contributed by atoms with Gasteiger partial charge in [-0.15, -0.1) is 11.3 Å². The SMILES string of the molecule is COC(=O)C(C)NC(C)c1sc(C)nc1C. The molecule has 0 saturated carbocycles. The number of carbonyl (C=O) groups excluding carboxylic acids is 1. The van der Waals surface area contributed by atoms with Crippen molar-refractivity contribution in [1.82, 2.24) is 10.3 Å². The summed E-state index contributed by atoms with van der Waals surface area (Å²) in [6, 6.07) is -0.192. The summed E-state index contributed by atoms with van der Waals surface area (Å²) in [7, 11) is 1.40. The van der Waals surface area contributed by atoms with Gasteiger partial charge in [0.25, 0.3) is 0 Å². The number of aryl methyl sites for hydroxylation is 2. The molecule has 4 nitrogen and oxygen atoms in total. The molecule has 0 radical (unpaired) electrons. The van der Waals surface area contributed by atoms with E-state index in [1.807, 2.05) is 20.8 Å². The van der Waals surface area contributed by atoms with Crippen molar-refractivity contribution in [2.75, 3.05) is 7.11 Å². The summed E-state index contributed by atoms with van der Waals surface area (Å²) < 4.78 is 4.67. The average molecular weight is 242 g/mol. The molecule has 0 fully saturated rings. The van der Waals surface area contributed by atoms with Gasteiger partial charge in [-0.25, -0.2) is 4.98 Å². The number of methoxy groups -OCH3 is 1. The molecule has 0 aliphatic heterocycles. The van der Waals surface area contributed by atoms with E-state index in [4.69, 9.17) is 0 Å². The van der Waals surface area contributed by atoms with Gasteiger partial charge in [0.2, 0.25) is 0 Å². The third kappa shape index (κ3) is 3.02. The van der Waals surface area contributed by atoms with Crippen molar-refractivity contribution >= 4 is 17.3 Å². The lowest BCUT2D eigenvalue weighted by Gasteiger charge is -2.17. The van der Waals surface area contributed by atoms with E-state index in [0.29, 0.717) is 0 Å². The summed E-state index contributed by atoms with van der Waals surface area (Å²) in [4.78, 5) is 16.8. The zero-order valence-corrected chi connectivity index (χ0v) is 11.1. The summed E-state index contributed by atoms with van der Waals surface area (Å²) in [6.07, 6.45) is 0. The van der Waals surface area contributed by atoms with Crippen LogP contribution in [0.15, 0.2) is 0 Å². The third-order valence-corrected chi connectivity index (χ3v) is 3.64. The monoisotopic (exact) mass is 242 g/mol. The summed E-state index contributed by atoms with van der Waals surface area (Å²) in [6.45, 7) is 7.79. The highest BCUT2D eigenvalue weighted by Gasteiger charge is 2.19. The number of thiazole rings is 1. The van der Waals surface area contributed by atoms with Gasteiger partial charge in [0.1, 0.15) is 6.04 Å². The fourth-order valence-corrected chi connectivity index (χ4v) is 2.58. The van der Waals surface area contributed by atoms with E-state index in [-0.39, 0.29) is 18.1 Å². The van der Waals surface area contributed by atoms with Crippen LogP contribution < -0.4 is 5.32 Å². The average Bonchev–Trinajstić information content (AvgIpc) is 2.56. The standard InChI is InChI=1S/C11H18N2O2S/c1-6(12-8(3)11(14)15-5)10-7(2)13-9(4)16-10/h6,8,12H,1-5H3. The lowest BCUT2D eigenvalue weighted by atomic mass is 10.2. The van der Waals surface area contributed by atoms with Crippen LogP contribution in [0.5, 0.6) is 0 Å². The number of nitrogens with zero attached hydrogens (tertiary/aromatic N) is 1. The van der Waals surface area contributed by atoms with Crippen molar-refractivity contribution < 1.29 is 9.53 Å². The fourth-order valence-electron chi connectivity index (χ4n) is 1.64. The van der Waals surface area contributed by atoms with Gasteiger partial charge < -0.3 is 4.74 Å². The minimum atomic E-state index is -0.304. The van der Waals surface area contributed by atoms with E-state index < -0.39 is 0 Å². The highest BCUT2D eigenvalue weighted by atomic mass is 32.1. The molecule has 0 spiro atoms. The van der Waals surface area contributed by atoms with E-state index in [9.17, 15) is 4.79 Å². The van der Waals surface area contributed by atoms with Crippen molar-refractivity contribution in [2.24, 2.45) is 0 Å². The van der Waals surface area contributed by atoms with Crippen LogP contribution in [-0.4, -0.2) is 24.1 Å². The minimum absolute atomic E-state index is 0.111. The molecule has 1 aromatic rings. The molecule has 1 heterocycles. The zero-order chi connectivity index (χ0) is 12.3. The Kier molecular flexibility index (Phi) is 4.44. The second-order valence-corrected chi connectivity index (χ2v) is 5.05. The molecule has 2 unspecified atom stereocenters. The number of ether oxygens (including phenoxy) is 1. The van der Waals surface area contributed by atoms with Crippen molar-refractivity contribution in [3.63, 3.8) is 0 Å². The van der Waals surface area contributed by atoms with Crippen LogP contribution in [0.3, 0.4) is 0 Å². The maximum Gasteiger partial charge on any atom is 0.322 e. The Morgan fingerprint density at radius 3 is 2.50 bits per heavy atom. The molecule has 0 aromatic carbocycles. The van der Waals surface area contributed by atoms with Gasteiger partial charge in [0.15, 0.2) is 0 Å². The predicted octanol–water partition coefficient (Wildman–Crippen LogP) is 1.97. The topological polar surface area (TPSA) is 51.2 Å². The van der Waals surface area contributed by atoms with E-state index in [1.165, 1.54) is 12.0 Å². The highest BCUT2D eigenvalue weighted by molar-refractivity contribution is 7.11. The molecular formula is C11H18N2O2S. The molecular weight excluding hydrogens is 224 g/mol. The Bertz CT molecular complexity index is 376. The Morgan fingerprint density at radius 2 is 2.06 bits per heavy atom. The van der Waals surface area contributed by atoms with Gasteiger partial charge in [-0.1, -0.05) is 0 Å². The summed E-state index contributed by atoms with van der Waals surface area (Å²) in [5.41, 5.74) is 1.03. The van der Waals surface area contributed by atoms with Crippen LogP contribution in [0.4, 0.5) is 0 Å². The van der Waals surface area contributed by atoms with Gasteiger partial charge in [0, 0.05) is 10.9 Å². The number of carbonyl (C=O) groups is 1. The van der Waals surface area contributed by atoms with Crippen LogP contribution in [-0.2, 0) is 9.53 Å². The molecule has 1 N–H and O–H groups in total. The summed E-state index contributed by atoms with van der Waals surface area (Å²) >= 11 is 1.66. The van der Waals surface area contributed by atoms with Gasteiger partial charge >= 0.3 is 5.97 Å². The smallest absolute Gasteiger partial charge is 0.322 e. The highest BCUT2D eigenvalue weighted by Crippen LogP contribution is 2.24.